The minimum Gasteiger partial charge on any atom is -0.477 e. The first-order valence-electron chi connectivity index (χ1n) is 4.33. The fourth-order valence-corrected chi connectivity index (χ4v) is 2.21. The number of pyridine rings is 1. The normalized spacial score (nSPS) is 10.6. The van der Waals surface area contributed by atoms with Gasteiger partial charge in [-0.1, -0.05) is 6.92 Å². The van der Waals surface area contributed by atoms with Gasteiger partial charge in [0.15, 0.2) is 0 Å². The summed E-state index contributed by atoms with van der Waals surface area (Å²) in [5.41, 5.74) is 0.893. The number of aryl methyl sites for hydroxylation is 1. The van der Waals surface area contributed by atoms with Crippen molar-refractivity contribution in [2.75, 3.05) is 0 Å². The smallest absolute Gasteiger partial charge is 0.354 e. The molecule has 14 heavy (non-hydrogen) atoms. The molecule has 0 aliphatic heterocycles. The zero-order valence-corrected chi connectivity index (χ0v) is 8.47. The van der Waals surface area contributed by atoms with E-state index in [-0.39, 0.29) is 5.69 Å². The van der Waals surface area contributed by atoms with Crippen molar-refractivity contribution in [2.24, 2.45) is 0 Å². The molecule has 0 saturated heterocycles. The number of nitrogens with zero attached hydrogens (tertiary/aromatic N) is 1. The van der Waals surface area contributed by atoms with Gasteiger partial charge in [-0.25, -0.2) is 9.78 Å². The molecular weight excluding hydrogens is 198 g/mol. The van der Waals surface area contributed by atoms with Crippen molar-refractivity contribution in [3.63, 3.8) is 0 Å². The number of carboxylic acid groups (broad SMARTS) is 1. The van der Waals surface area contributed by atoms with E-state index in [9.17, 15) is 4.79 Å². The zero-order valence-electron chi connectivity index (χ0n) is 7.65. The molecule has 3 nitrogen and oxygen atoms in total. The molecular formula is C10H9NO2S. The summed E-state index contributed by atoms with van der Waals surface area (Å²) >= 11 is 1.66. The van der Waals surface area contributed by atoms with Crippen molar-refractivity contribution in [1.82, 2.24) is 4.98 Å². The largest absolute Gasteiger partial charge is 0.477 e. The highest BCUT2D eigenvalue weighted by atomic mass is 32.1. The number of hydrogen-bond donors (Lipinski definition) is 1. The summed E-state index contributed by atoms with van der Waals surface area (Å²) in [6.45, 7) is 2.07. The molecule has 0 aromatic carbocycles. The average Bonchev–Trinajstić information content (AvgIpc) is 2.58. The molecule has 0 fully saturated rings. The number of aromatic nitrogens is 1. The summed E-state index contributed by atoms with van der Waals surface area (Å²) in [4.78, 5) is 15.9. The van der Waals surface area contributed by atoms with Gasteiger partial charge >= 0.3 is 5.97 Å². The number of carboxylic acids is 1. The molecule has 0 aliphatic carbocycles. The summed E-state index contributed by atoms with van der Waals surface area (Å²) in [6, 6.07) is 5.31. The monoisotopic (exact) mass is 207 g/mol. The van der Waals surface area contributed by atoms with Crippen molar-refractivity contribution in [3.8, 4) is 0 Å². The topological polar surface area (TPSA) is 50.2 Å². The lowest BCUT2D eigenvalue weighted by atomic mass is 10.3. The van der Waals surface area contributed by atoms with Gasteiger partial charge in [0.05, 0.1) is 10.2 Å². The van der Waals surface area contributed by atoms with Crippen molar-refractivity contribution >= 4 is 27.5 Å². The van der Waals surface area contributed by atoms with E-state index >= 15 is 0 Å². The van der Waals surface area contributed by atoms with E-state index in [0.717, 1.165) is 16.6 Å². The number of hydrogen-bond acceptors (Lipinski definition) is 3. The van der Waals surface area contributed by atoms with Crippen LogP contribution < -0.4 is 0 Å². The number of thiophene rings is 1. The molecule has 0 amide bonds. The number of rotatable bonds is 2. The summed E-state index contributed by atoms with van der Waals surface area (Å²) in [5, 5.41) is 8.75. The maximum Gasteiger partial charge on any atom is 0.354 e. The molecule has 2 heterocycles. The SMILES string of the molecule is CCc1cc2nc(C(=O)O)ccc2s1. The summed E-state index contributed by atoms with van der Waals surface area (Å²) in [7, 11) is 0. The van der Waals surface area contributed by atoms with E-state index < -0.39 is 5.97 Å². The predicted octanol–water partition coefficient (Wildman–Crippen LogP) is 2.56. The van der Waals surface area contributed by atoms with E-state index in [2.05, 4.69) is 11.9 Å². The van der Waals surface area contributed by atoms with E-state index in [0.29, 0.717) is 0 Å². The number of fused-ring (bicyclic) bond motifs is 1. The van der Waals surface area contributed by atoms with Crippen LogP contribution in [0.25, 0.3) is 10.2 Å². The van der Waals surface area contributed by atoms with E-state index in [1.54, 1.807) is 17.4 Å². The fraction of sp³-hybridized carbons (Fsp3) is 0.200. The minimum absolute atomic E-state index is 0.109. The Morgan fingerprint density at radius 2 is 2.36 bits per heavy atom. The third kappa shape index (κ3) is 1.48. The molecule has 2 aromatic heterocycles. The molecule has 72 valence electrons. The minimum atomic E-state index is -0.976. The number of aromatic carboxylic acids is 1. The highest BCUT2D eigenvalue weighted by Crippen LogP contribution is 2.24. The Kier molecular flexibility index (Phi) is 2.21. The molecule has 0 bridgehead atoms. The lowest BCUT2D eigenvalue weighted by Gasteiger charge is -1.92. The third-order valence-corrected chi connectivity index (χ3v) is 3.23. The van der Waals surface area contributed by atoms with Crippen molar-refractivity contribution in [2.45, 2.75) is 13.3 Å². The molecule has 2 aromatic rings. The molecule has 4 heteroatoms. The Bertz CT molecular complexity index is 490. The first-order valence-corrected chi connectivity index (χ1v) is 5.15. The van der Waals surface area contributed by atoms with E-state index in [4.69, 9.17) is 5.11 Å². The molecule has 0 spiro atoms. The maximum absolute atomic E-state index is 10.7. The summed E-state index contributed by atoms with van der Waals surface area (Å²) < 4.78 is 1.05. The molecule has 0 aliphatic rings. The lowest BCUT2D eigenvalue weighted by molar-refractivity contribution is 0.0691. The zero-order chi connectivity index (χ0) is 10.1. The summed E-state index contributed by atoms with van der Waals surface area (Å²) in [5.74, 6) is -0.976. The Hall–Kier alpha value is -1.42. The van der Waals surface area contributed by atoms with E-state index in [1.807, 2.05) is 12.1 Å². The first kappa shape index (κ1) is 9.15. The second kappa shape index (κ2) is 3.38. The van der Waals surface area contributed by atoms with Gasteiger partial charge in [-0.2, -0.15) is 0 Å². The third-order valence-electron chi connectivity index (χ3n) is 1.99. The van der Waals surface area contributed by atoms with Gasteiger partial charge in [-0.3, -0.25) is 0 Å². The van der Waals surface area contributed by atoms with Crippen LogP contribution in [0.2, 0.25) is 0 Å². The van der Waals surface area contributed by atoms with Crippen molar-refractivity contribution in [3.05, 3.63) is 28.8 Å². The van der Waals surface area contributed by atoms with Gasteiger partial charge < -0.3 is 5.11 Å². The van der Waals surface area contributed by atoms with Gasteiger partial charge in [0.2, 0.25) is 0 Å². The van der Waals surface area contributed by atoms with Crippen molar-refractivity contribution in [1.29, 1.82) is 0 Å². The van der Waals surface area contributed by atoms with Crippen LogP contribution in [-0.4, -0.2) is 16.1 Å². The van der Waals surface area contributed by atoms with Crippen LogP contribution in [0.3, 0.4) is 0 Å². The van der Waals surface area contributed by atoms with Crippen LogP contribution in [-0.2, 0) is 6.42 Å². The van der Waals surface area contributed by atoms with Crippen LogP contribution >= 0.6 is 11.3 Å². The Labute approximate surface area is 85.0 Å². The molecule has 0 radical (unpaired) electrons. The molecule has 0 atom stereocenters. The Balaban J connectivity index is 2.59. The van der Waals surface area contributed by atoms with Gasteiger partial charge in [0, 0.05) is 4.88 Å². The first-order chi connectivity index (χ1) is 6.70. The van der Waals surface area contributed by atoms with Crippen LogP contribution in [0.4, 0.5) is 0 Å². The quantitative estimate of drug-likeness (QED) is 0.823. The molecule has 1 N–H and O–H groups in total. The van der Waals surface area contributed by atoms with Crippen LogP contribution in [0, 0.1) is 0 Å². The highest BCUT2D eigenvalue weighted by Gasteiger charge is 2.07. The van der Waals surface area contributed by atoms with Gasteiger partial charge in [0.25, 0.3) is 0 Å². The molecule has 0 saturated carbocycles. The predicted molar refractivity (Wildman–Crippen MR) is 56.0 cm³/mol. The van der Waals surface area contributed by atoms with E-state index in [1.165, 1.54) is 4.88 Å². The van der Waals surface area contributed by atoms with Gasteiger partial charge in [0.1, 0.15) is 5.69 Å². The second-order valence-electron chi connectivity index (χ2n) is 2.95. The van der Waals surface area contributed by atoms with Crippen molar-refractivity contribution < 1.29 is 9.90 Å². The van der Waals surface area contributed by atoms with Crippen LogP contribution in [0.5, 0.6) is 0 Å². The lowest BCUT2D eigenvalue weighted by Crippen LogP contribution is -1.98. The Morgan fingerprint density at radius 1 is 1.57 bits per heavy atom. The average molecular weight is 207 g/mol. The molecule has 2 rings (SSSR count). The van der Waals surface area contributed by atoms with Crippen LogP contribution in [0.15, 0.2) is 18.2 Å². The van der Waals surface area contributed by atoms with Gasteiger partial charge in [-0.05, 0) is 24.6 Å². The standard InChI is InChI=1S/C10H9NO2S/c1-2-6-5-8-9(14-6)4-3-7(11-8)10(12)13/h3-5H,2H2,1H3,(H,12,13). The number of carbonyl (C=O) groups is 1. The Morgan fingerprint density at radius 3 is 3.00 bits per heavy atom. The highest BCUT2D eigenvalue weighted by molar-refractivity contribution is 7.19. The fourth-order valence-electron chi connectivity index (χ4n) is 1.27. The molecule has 0 unspecified atom stereocenters. The summed E-state index contributed by atoms with van der Waals surface area (Å²) in [6.07, 6.45) is 0.962. The second-order valence-corrected chi connectivity index (χ2v) is 4.12. The maximum atomic E-state index is 10.7. The van der Waals surface area contributed by atoms with Gasteiger partial charge in [-0.15, -0.1) is 11.3 Å². The van der Waals surface area contributed by atoms with Crippen LogP contribution in [0.1, 0.15) is 22.3 Å².